The molecule has 0 atom stereocenters. The maximum Gasteiger partial charge on any atom is 0.0909 e. The Morgan fingerprint density at radius 1 is 0.808 bits per heavy atom. The predicted molar refractivity (Wildman–Crippen MR) is 111 cm³/mol. The lowest BCUT2D eigenvalue weighted by molar-refractivity contribution is 0.675. The van der Waals surface area contributed by atoms with Gasteiger partial charge in [-0.2, -0.15) is 0 Å². The molecule has 0 saturated carbocycles. The topological polar surface area (TPSA) is 25.2 Å². The summed E-state index contributed by atoms with van der Waals surface area (Å²) in [6.07, 6.45) is 6.71. The highest BCUT2D eigenvalue weighted by Gasteiger charge is 2.13. The molecule has 0 aliphatic heterocycles. The second-order valence-electron chi connectivity index (χ2n) is 6.42. The average molecular weight is 342 g/mol. The molecule has 0 aliphatic rings. The third-order valence-electron chi connectivity index (χ3n) is 4.46. The molecule has 2 nitrogen and oxygen atoms in total. The third kappa shape index (κ3) is 4.66. The summed E-state index contributed by atoms with van der Waals surface area (Å²) in [5.74, 6) is 0. The molecule has 0 unspecified atom stereocenters. The molecule has 0 bridgehead atoms. The maximum atomic E-state index is 4.98. The molecule has 1 heterocycles. The molecular weight excluding hydrogens is 316 g/mol. The van der Waals surface area contributed by atoms with Crippen molar-refractivity contribution in [1.82, 2.24) is 4.98 Å². The van der Waals surface area contributed by atoms with Crippen LogP contribution in [-0.4, -0.2) is 17.2 Å². The molecule has 3 rings (SSSR count). The Bertz CT molecular complexity index is 823. The van der Waals surface area contributed by atoms with Crippen molar-refractivity contribution in [3.8, 4) is 11.1 Å². The van der Waals surface area contributed by atoms with Crippen LogP contribution in [0, 0.1) is 0 Å². The van der Waals surface area contributed by atoms with Crippen molar-refractivity contribution < 1.29 is 0 Å². The summed E-state index contributed by atoms with van der Waals surface area (Å²) in [7, 11) is 0. The Morgan fingerprint density at radius 3 is 2.35 bits per heavy atom. The van der Waals surface area contributed by atoms with Gasteiger partial charge in [0.15, 0.2) is 0 Å². The van der Waals surface area contributed by atoms with E-state index >= 15 is 0 Å². The van der Waals surface area contributed by atoms with E-state index in [1.54, 1.807) is 0 Å². The largest absolute Gasteiger partial charge is 0.282 e. The zero-order chi connectivity index (χ0) is 18.0. The SMILES string of the molecule is CCCCCCN=C(c1ccccn1)c1ccccc1-c1ccccc1. The molecule has 2 aromatic carbocycles. The lowest BCUT2D eigenvalue weighted by Crippen LogP contribution is -2.08. The fourth-order valence-corrected chi connectivity index (χ4v) is 3.10. The highest BCUT2D eigenvalue weighted by atomic mass is 14.8. The number of benzene rings is 2. The maximum absolute atomic E-state index is 4.98. The number of nitrogens with zero attached hydrogens (tertiary/aromatic N) is 2. The van der Waals surface area contributed by atoms with E-state index in [0.717, 1.165) is 29.9 Å². The summed E-state index contributed by atoms with van der Waals surface area (Å²) in [6.45, 7) is 3.08. The van der Waals surface area contributed by atoms with E-state index in [9.17, 15) is 0 Å². The second-order valence-corrected chi connectivity index (χ2v) is 6.42. The van der Waals surface area contributed by atoms with E-state index in [-0.39, 0.29) is 0 Å². The first kappa shape index (κ1) is 18.1. The minimum absolute atomic E-state index is 0.842. The Kier molecular flexibility index (Phi) is 6.72. The summed E-state index contributed by atoms with van der Waals surface area (Å²) in [5, 5.41) is 0. The smallest absolute Gasteiger partial charge is 0.0909 e. The number of hydrogen-bond acceptors (Lipinski definition) is 2. The van der Waals surface area contributed by atoms with Gasteiger partial charge in [0.25, 0.3) is 0 Å². The Balaban J connectivity index is 1.99. The second kappa shape index (κ2) is 9.67. The van der Waals surface area contributed by atoms with Crippen molar-refractivity contribution in [1.29, 1.82) is 0 Å². The molecule has 1 aromatic heterocycles. The molecule has 0 aliphatic carbocycles. The summed E-state index contributed by atoms with van der Waals surface area (Å²) < 4.78 is 0. The molecule has 0 spiro atoms. The average Bonchev–Trinajstić information content (AvgIpc) is 2.72. The van der Waals surface area contributed by atoms with Crippen LogP contribution < -0.4 is 0 Å². The van der Waals surface area contributed by atoms with Crippen molar-refractivity contribution in [2.45, 2.75) is 32.6 Å². The van der Waals surface area contributed by atoms with Crippen LogP contribution in [0.25, 0.3) is 11.1 Å². The van der Waals surface area contributed by atoms with Crippen molar-refractivity contribution in [3.05, 3.63) is 90.3 Å². The zero-order valence-electron chi connectivity index (χ0n) is 15.4. The summed E-state index contributed by atoms with van der Waals surface area (Å²) in [5.41, 5.74) is 5.48. The zero-order valence-corrected chi connectivity index (χ0v) is 15.4. The molecule has 0 radical (unpaired) electrons. The van der Waals surface area contributed by atoms with Crippen LogP contribution in [0.2, 0.25) is 0 Å². The van der Waals surface area contributed by atoms with Crippen molar-refractivity contribution in [3.63, 3.8) is 0 Å². The standard InChI is InChI=1S/C24H26N2/c1-2-3-4-11-19-26-24(23-17-10-12-18-25-23)22-16-9-8-15-21(22)20-13-6-5-7-14-20/h5-10,12-18H,2-4,11,19H2,1H3. The first-order chi connectivity index (χ1) is 12.9. The lowest BCUT2D eigenvalue weighted by atomic mass is 9.95. The van der Waals surface area contributed by atoms with Gasteiger partial charge in [-0.1, -0.05) is 86.8 Å². The molecule has 132 valence electrons. The fraction of sp³-hybridized carbons (Fsp3) is 0.250. The number of aromatic nitrogens is 1. The van der Waals surface area contributed by atoms with Crippen LogP contribution in [0.3, 0.4) is 0 Å². The first-order valence-electron chi connectivity index (χ1n) is 9.51. The Labute approximate surface area is 156 Å². The van der Waals surface area contributed by atoms with Crippen LogP contribution in [0.4, 0.5) is 0 Å². The highest BCUT2D eigenvalue weighted by Crippen LogP contribution is 2.25. The van der Waals surface area contributed by atoms with E-state index in [0.29, 0.717) is 0 Å². The van der Waals surface area contributed by atoms with Gasteiger partial charge >= 0.3 is 0 Å². The van der Waals surface area contributed by atoms with Crippen LogP contribution >= 0.6 is 0 Å². The van der Waals surface area contributed by atoms with E-state index < -0.39 is 0 Å². The van der Waals surface area contributed by atoms with Crippen LogP contribution in [0.5, 0.6) is 0 Å². The molecule has 0 N–H and O–H groups in total. The van der Waals surface area contributed by atoms with Crippen molar-refractivity contribution in [2.75, 3.05) is 6.54 Å². The lowest BCUT2D eigenvalue weighted by Gasteiger charge is -2.13. The summed E-state index contributed by atoms with van der Waals surface area (Å²) in [4.78, 5) is 9.55. The molecular formula is C24H26N2. The highest BCUT2D eigenvalue weighted by molar-refractivity contribution is 6.15. The Hall–Kier alpha value is -2.74. The normalized spacial score (nSPS) is 11.5. The molecule has 0 amide bonds. The number of pyridine rings is 1. The third-order valence-corrected chi connectivity index (χ3v) is 4.46. The van der Waals surface area contributed by atoms with Gasteiger partial charge in [-0.25, -0.2) is 0 Å². The van der Waals surface area contributed by atoms with E-state index in [1.165, 1.54) is 30.4 Å². The van der Waals surface area contributed by atoms with Gasteiger partial charge in [0, 0.05) is 18.3 Å². The molecule has 3 aromatic rings. The quantitative estimate of drug-likeness (QED) is 0.355. The number of unbranched alkanes of at least 4 members (excludes halogenated alkanes) is 3. The summed E-state index contributed by atoms with van der Waals surface area (Å²) in [6, 6.07) is 25.0. The van der Waals surface area contributed by atoms with Crippen LogP contribution in [-0.2, 0) is 0 Å². The van der Waals surface area contributed by atoms with Gasteiger partial charge in [0.1, 0.15) is 0 Å². The van der Waals surface area contributed by atoms with Crippen LogP contribution in [0.15, 0.2) is 84.0 Å². The number of aliphatic imine (C=N–C) groups is 1. The molecule has 0 saturated heterocycles. The Morgan fingerprint density at radius 2 is 1.58 bits per heavy atom. The van der Waals surface area contributed by atoms with Gasteiger partial charge in [-0.05, 0) is 29.7 Å². The van der Waals surface area contributed by atoms with Gasteiger partial charge in [0.2, 0.25) is 0 Å². The van der Waals surface area contributed by atoms with E-state index in [1.807, 2.05) is 30.5 Å². The first-order valence-corrected chi connectivity index (χ1v) is 9.51. The van der Waals surface area contributed by atoms with Crippen molar-refractivity contribution in [2.24, 2.45) is 4.99 Å². The molecule has 26 heavy (non-hydrogen) atoms. The van der Waals surface area contributed by atoms with E-state index in [4.69, 9.17) is 4.99 Å². The molecule has 0 fully saturated rings. The minimum Gasteiger partial charge on any atom is -0.282 e. The monoisotopic (exact) mass is 342 g/mol. The van der Waals surface area contributed by atoms with Gasteiger partial charge in [-0.15, -0.1) is 0 Å². The fourth-order valence-electron chi connectivity index (χ4n) is 3.10. The van der Waals surface area contributed by atoms with Crippen LogP contribution in [0.1, 0.15) is 43.9 Å². The van der Waals surface area contributed by atoms with Gasteiger partial charge < -0.3 is 0 Å². The van der Waals surface area contributed by atoms with E-state index in [2.05, 4.69) is 60.4 Å². The molecule has 2 heteroatoms. The van der Waals surface area contributed by atoms with Gasteiger partial charge in [-0.3, -0.25) is 9.98 Å². The number of hydrogen-bond donors (Lipinski definition) is 0. The van der Waals surface area contributed by atoms with Gasteiger partial charge in [0.05, 0.1) is 11.4 Å². The van der Waals surface area contributed by atoms with Crippen molar-refractivity contribution >= 4 is 5.71 Å². The number of rotatable bonds is 8. The predicted octanol–water partition coefficient (Wildman–Crippen LogP) is 6.17. The minimum atomic E-state index is 0.842. The summed E-state index contributed by atoms with van der Waals surface area (Å²) >= 11 is 0.